The van der Waals surface area contributed by atoms with Gasteiger partial charge in [-0.15, -0.1) is 0 Å². The van der Waals surface area contributed by atoms with Gasteiger partial charge < -0.3 is 10.2 Å². The summed E-state index contributed by atoms with van der Waals surface area (Å²) >= 11 is 0. The van der Waals surface area contributed by atoms with Gasteiger partial charge in [-0.05, 0) is 56.7 Å². The van der Waals surface area contributed by atoms with Gasteiger partial charge in [0.2, 0.25) is 5.91 Å². The second-order valence-electron chi connectivity index (χ2n) is 10.4. The first-order valence-corrected chi connectivity index (χ1v) is 13.3. The van der Waals surface area contributed by atoms with Crippen LogP contribution in [0.5, 0.6) is 0 Å². The number of hydrogen-bond donors (Lipinski definition) is 2. The van der Waals surface area contributed by atoms with Crippen LogP contribution >= 0.6 is 0 Å². The van der Waals surface area contributed by atoms with Crippen LogP contribution in [0.15, 0.2) is 18.3 Å². The molecule has 1 saturated carbocycles. The van der Waals surface area contributed by atoms with Crippen LogP contribution in [0, 0.1) is 11.3 Å². The minimum absolute atomic E-state index is 0.0518. The van der Waals surface area contributed by atoms with E-state index >= 15 is 0 Å². The number of urea groups is 1. The Bertz CT molecular complexity index is 1330. The van der Waals surface area contributed by atoms with Crippen molar-refractivity contribution >= 4 is 35.5 Å². The van der Waals surface area contributed by atoms with E-state index in [2.05, 4.69) is 31.6 Å². The molecule has 2 aromatic rings. The number of anilines is 3. The molecule has 4 aliphatic rings. The van der Waals surface area contributed by atoms with Crippen LogP contribution in [0.25, 0.3) is 0 Å². The molecule has 3 fully saturated rings. The molecule has 0 bridgehead atoms. The van der Waals surface area contributed by atoms with Gasteiger partial charge in [-0.1, -0.05) is 0 Å². The Labute approximate surface area is 220 Å². The molecule has 11 nitrogen and oxygen atoms in total. The predicted molar refractivity (Wildman–Crippen MR) is 140 cm³/mol. The van der Waals surface area contributed by atoms with Crippen LogP contribution in [0.4, 0.5) is 22.1 Å². The highest BCUT2D eigenvalue weighted by Gasteiger charge is 2.38. The molecular formula is C27H30N8O3. The molecule has 0 spiro atoms. The Morgan fingerprint density at radius 2 is 2.03 bits per heavy atom. The van der Waals surface area contributed by atoms with Gasteiger partial charge in [0.1, 0.15) is 23.4 Å². The van der Waals surface area contributed by atoms with Crippen molar-refractivity contribution in [2.45, 2.75) is 57.2 Å². The van der Waals surface area contributed by atoms with Crippen LogP contribution in [-0.4, -0.2) is 76.3 Å². The molecule has 3 aliphatic heterocycles. The number of aldehydes is 1. The number of carbonyl (C=O) groups excluding carboxylic acids is 3. The SMILES string of the molecule is N#Cc1cnc(NC(=O)N2CCCc3cc(CN4CCN5CCCC5C4=O)c(C=O)nc32)cc1NC1CC1. The Kier molecular flexibility index (Phi) is 6.41. The van der Waals surface area contributed by atoms with Crippen LogP contribution < -0.4 is 15.5 Å². The van der Waals surface area contributed by atoms with E-state index in [4.69, 9.17) is 0 Å². The number of aryl methyl sites for hydroxylation is 1. The summed E-state index contributed by atoms with van der Waals surface area (Å²) < 4.78 is 0. The number of nitriles is 1. The van der Waals surface area contributed by atoms with Crippen molar-refractivity contribution < 1.29 is 14.4 Å². The summed E-state index contributed by atoms with van der Waals surface area (Å²) in [7, 11) is 0. The number of nitrogens with zero attached hydrogens (tertiary/aromatic N) is 6. The van der Waals surface area contributed by atoms with E-state index in [1.165, 1.54) is 11.1 Å². The van der Waals surface area contributed by atoms with Crippen molar-refractivity contribution in [3.63, 3.8) is 0 Å². The van der Waals surface area contributed by atoms with E-state index in [9.17, 15) is 19.6 Å². The van der Waals surface area contributed by atoms with E-state index in [1.54, 1.807) is 6.07 Å². The summed E-state index contributed by atoms with van der Waals surface area (Å²) in [5, 5.41) is 15.5. The molecule has 196 valence electrons. The van der Waals surface area contributed by atoms with Crippen molar-refractivity contribution in [3.05, 3.63) is 40.7 Å². The van der Waals surface area contributed by atoms with Crippen molar-refractivity contribution in [2.75, 3.05) is 41.7 Å². The second-order valence-corrected chi connectivity index (χ2v) is 10.4. The molecule has 2 aromatic heterocycles. The molecule has 1 atom stereocenters. The third kappa shape index (κ3) is 4.67. The molecule has 1 aliphatic carbocycles. The summed E-state index contributed by atoms with van der Waals surface area (Å²) in [6, 6.07) is 5.63. The number of carbonyl (C=O) groups is 3. The number of aromatic nitrogens is 2. The van der Waals surface area contributed by atoms with Gasteiger partial charge in [-0.25, -0.2) is 14.8 Å². The normalized spacial score (nSPS) is 20.9. The maximum Gasteiger partial charge on any atom is 0.328 e. The minimum Gasteiger partial charge on any atom is -0.381 e. The van der Waals surface area contributed by atoms with Gasteiger partial charge in [0.05, 0.1) is 17.3 Å². The smallest absolute Gasteiger partial charge is 0.328 e. The molecule has 3 amide bonds. The number of pyridine rings is 2. The van der Waals surface area contributed by atoms with Gasteiger partial charge in [-0.2, -0.15) is 5.26 Å². The highest BCUT2D eigenvalue weighted by Crippen LogP contribution is 2.31. The molecule has 11 heteroatoms. The van der Waals surface area contributed by atoms with Gasteiger partial charge in [0.25, 0.3) is 0 Å². The summed E-state index contributed by atoms with van der Waals surface area (Å²) in [5.41, 5.74) is 2.92. The first-order chi connectivity index (χ1) is 18.5. The zero-order chi connectivity index (χ0) is 26.2. The van der Waals surface area contributed by atoms with Crippen molar-refractivity contribution in [1.82, 2.24) is 19.8 Å². The molecule has 6 rings (SSSR count). The molecular weight excluding hydrogens is 484 g/mol. The standard InChI is InChI=1S/C27H30N8O3/c28-13-19-14-29-24(12-21(19)30-20-5-6-20)32-27(38)35-8-1-3-17-11-18(22(16-36)31-25(17)35)15-34-10-9-33-7-2-4-23(33)26(34)37/h11-12,14,16,20,23H,1-10,15H2,(H2,29,30,32,38). The molecule has 0 radical (unpaired) electrons. The molecule has 2 saturated heterocycles. The molecule has 1 unspecified atom stereocenters. The van der Waals surface area contributed by atoms with Crippen molar-refractivity contribution in [3.8, 4) is 6.07 Å². The van der Waals surface area contributed by atoms with Crippen molar-refractivity contribution in [1.29, 1.82) is 5.26 Å². The number of hydrogen-bond acceptors (Lipinski definition) is 8. The minimum atomic E-state index is -0.398. The fraction of sp³-hybridized carbons (Fsp3) is 0.481. The number of fused-ring (bicyclic) bond motifs is 2. The van der Waals surface area contributed by atoms with E-state index < -0.39 is 6.03 Å². The summed E-state index contributed by atoms with van der Waals surface area (Å²) in [6.45, 7) is 3.25. The maximum absolute atomic E-state index is 13.3. The highest BCUT2D eigenvalue weighted by atomic mass is 16.2. The van der Waals surface area contributed by atoms with Crippen LogP contribution in [-0.2, 0) is 17.8 Å². The number of piperazine rings is 1. The first-order valence-electron chi connectivity index (χ1n) is 13.3. The average Bonchev–Trinajstić information content (AvgIpc) is 3.61. The van der Waals surface area contributed by atoms with Crippen LogP contribution in [0.1, 0.15) is 59.3 Å². The number of nitrogens with one attached hydrogen (secondary N) is 2. The van der Waals surface area contributed by atoms with E-state index in [-0.39, 0.29) is 17.6 Å². The largest absolute Gasteiger partial charge is 0.381 e. The maximum atomic E-state index is 13.3. The first kappa shape index (κ1) is 24.3. The summed E-state index contributed by atoms with van der Waals surface area (Å²) in [4.78, 5) is 52.8. The predicted octanol–water partition coefficient (Wildman–Crippen LogP) is 2.53. The Balaban J connectivity index is 1.21. The Morgan fingerprint density at radius 1 is 1.16 bits per heavy atom. The molecule has 2 N–H and O–H groups in total. The van der Waals surface area contributed by atoms with Gasteiger partial charge >= 0.3 is 6.03 Å². The lowest BCUT2D eigenvalue weighted by Gasteiger charge is -2.37. The lowest BCUT2D eigenvalue weighted by molar-refractivity contribution is -0.140. The third-order valence-electron chi connectivity index (χ3n) is 7.81. The van der Waals surface area contributed by atoms with E-state index in [0.29, 0.717) is 60.4 Å². The van der Waals surface area contributed by atoms with Crippen molar-refractivity contribution in [2.24, 2.45) is 0 Å². The summed E-state index contributed by atoms with van der Waals surface area (Å²) in [6.07, 6.45) is 7.66. The number of amides is 3. The van der Waals surface area contributed by atoms with Gasteiger partial charge in [-0.3, -0.25) is 24.7 Å². The van der Waals surface area contributed by atoms with Crippen LogP contribution in [0.3, 0.4) is 0 Å². The van der Waals surface area contributed by atoms with Crippen LogP contribution in [0.2, 0.25) is 0 Å². The van der Waals surface area contributed by atoms with E-state index in [0.717, 1.165) is 57.2 Å². The van der Waals surface area contributed by atoms with E-state index in [1.807, 2.05) is 11.0 Å². The van der Waals surface area contributed by atoms with Gasteiger partial charge in [0, 0.05) is 50.0 Å². The molecule has 0 aromatic carbocycles. The fourth-order valence-electron chi connectivity index (χ4n) is 5.65. The molecule has 5 heterocycles. The topological polar surface area (TPSA) is 135 Å². The van der Waals surface area contributed by atoms with Gasteiger partial charge in [0.15, 0.2) is 6.29 Å². The lowest BCUT2D eigenvalue weighted by Crippen LogP contribution is -2.53. The highest BCUT2D eigenvalue weighted by molar-refractivity contribution is 6.02. The zero-order valence-electron chi connectivity index (χ0n) is 21.2. The monoisotopic (exact) mass is 514 g/mol. The zero-order valence-corrected chi connectivity index (χ0v) is 21.2. The average molecular weight is 515 g/mol. The Hall–Kier alpha value is -4.04. The fourth-order valence-corrected chi connectivity index (χ4v) is 5.65. The third-order valence-corrected chi connectivity index (χ3v) is 7.81. The molecule has 38 heavy (non-hydrogen) atoms. The quantitative estimate of drug-likeness (QED) is 0.562. The Morgan fingerprint density at radius 3 is 2.82 bits per heavy atom. The number of rotatable bonds is 6. The summed E-state index contributed by atoms with van der Waals surface area (Å²) in [5.74, 6) is 0.910. The second kappa shape index (κ2) is 10.0. The lowest BCUT2D eigenvalue weighted by atomic mass is 10.0.